The van der Waals surface area contributed by atoms with Gasteiger partial charge in [-0.1, -0.05) is 13.8 Å². The van der Waals surface area contributed by atoms with Crippen LogP contribution in [-0.4, -0.2) is 30.2 Å². The number of carbonyl (C=O) groups excluding carboxylic acids is 1. The molecule has 3 aliphatic rings. The molecular formula is C13H22N2O2. The number of rotatable bonds is 2. The van der Waals surface area contributed by atoms with Gasteiger partial charge in [0.15, 0.2) is 0 Å². The van der Waals surface area contributed by atoms with Gasteiger partial charge in [-0.3, -0.25) is 4.79 Å². The van der Waals surface area contributed by atoms with Gasteiger partial charge in [-0.25, -0.2) is 0 Å². The molecule has 1 aliphatic heterocycles. The molecule has 1 amide bonds. The van der Waals surface area contributed by atoms with Crippen LogP contribution in [0.2, 0.25) is 0 Å². The van der Waals surface area contributed by atoms with E-state index in [1.54, 1.807) is 0 Å². The predicted octanol–water partition coefficient (Wildman–Crippen LogP) is 0.798. The minimum atomic E-state index is -0.732. The van der Waals surface area contributed by atoms with E-state index in [2.05, 4.69) is 19.2 Å². The van der Waals surface area contributed by atoms with E-state index in [0.717, 1.165) is 25.9 Å². The van der Waals surface area contributed by atoms with Gasteiger partial charge in [0.05, 0.1) is 6.10 Å². The third kappa shape index (κ3) is 1.28. The summed E-state index contributed by atoms with van der Waals surface area (Å²) in [5, 5.41) is 3.11. The van der Waals surface area contributed by atoms with Gasteiger partial charge in [-0.2, -0.15) is 0 Å². The molecule has 0 aromatic rings. The normalized spacial score (nSPS) is 43.5. The van der Waals surface area contributed by atoms with Crippen molar-refractivity contribution < 1.29 is 9.53 Å². The highest BCUT2D eigenvalue weighted by atomic mass is 16.5. The summed E-state index contributed by atoms with van der Waals surface area (Å²) in [6, 6.07) is 0.361. The molecule has 3 fully saturated rings. The summed E-state index contributed by atoms with van der Waals surface area (Å²) in [6.07, 6.45) is 4.52. The van der Waals surface area contributed by atoms with E-state index < -0.39 is 5.54 Å². The maximum absolute atomic E-state index is 12.4. The standard InChI is InChI=1S/C13H22N2O2/c1-12(2)10-9(6-7-17-10)13(12,14)11(16)15-8-4-3-5-8/h8-10H,3-7,14H2,1-2H3,(H,15,16). The van der Waals surface area contributed by atoms with Crippen molar-refractivity contribution in [1.29, 1.82) is 0 Å². The molecular weight excluding hydrogens is 216 g/mol. The van der Waals surface area contributed by atoms with Gasteiger partial charge < -0.3 is 15.8 Å². The van der Waals surface area contributed by atoms with Crippen molar-refractivity contribution in [1.82, 2.24) is 5.32 Å². The van der Waals surface area contributed by atoms with Crippen LogP contribution < -0.4 is 11.1 Å². The Kier molecular flexibility index (Phi) is 2.33. The van der Waals surface area contributed by atoms with E-state index in [4.69, 9.17) is 10.5 Å². The molecule has 0 aromatic carbocycles. The number of amides is 1. The predicted molar refractivity (Wildman–Crippen MR) is 64.3 cm³/mol. The maximum Gasteiger partial charge on any atom is 0.241 e. The highest BCUT2D eigenvalue weighted by Crippen LogP contribution is 2.58. The number of fused-ring (bicyclic) bond motifs is 1. The fourth-order valence-electron chi connectivity index (χ4n) is 3.70. The molecule has 0 radical (unpaired) electrons. The third-order valence-corrected chi connectivity index (χ3v) is 5.27. The van der Waals surface area contributed by atoms with E-state index in [9.17, 15) is 4.79 Å². The van der Waals surface area contributed by atoms with E-state index in [1.165, 1.54) is 6.42 Å². The number of ether oxygens (including phenoxy) is 1. The van der Waals surface area contributed by atoms with Crippen molar-refractivity contribution in [2.24, 2.45) is 17.1 Å². The van der Waals surface area contributed by atoms with Crippen LogP contribution in [0.4, 0.5) is 0 Å². The maximum atomic E-state index is 12.4. The summed E-state index contributed by atoms with van der Waals surface area (Å²) < 4.78 is 5.70. The largest absolute Gasteiger partial charge is 0.377 e. The molecule has 3 atom stereocenters. The first kappa shape index (κ1) is 11.5. The average molecular weight is 238 g/mol. The lowest BCUT2D eigenvalue weighted by molar-refractivity contribution is -0.176. The first-order valence-corrected chi connectivity index (χ1v) is 6.69. The second-order valence-corrected chi connectivity index (χ2v) is 6.38. The van der Waals surface area contributed by atoms with Crippen LogP contribution in [0.1, 0.15) is 39.5 Å². The smallest absolute Gasteiger partial charge is 0.241 e. The van der Waals surface area contributed by atoms with Crippen LogP contribution in [0.25, 0.3) is 0 Å². The minimum absolute atomic E-state index is 0.0407. The fraction of sp³-hybridized carbons (Fsp3) is 0.923. The van der Waals surface area contributed by atoms with Crippen LogP contribution in [-0.2, 0) is 9.53 Å². The van der Waals surface area contributed by atoms with Gasteiger partial charge in [0, 0.05) is 24.0 Å². The molecule has 0 spiro atoms. The number of nitrogens with one attached hydrogen (secondary N) is 1. The molecule has 3 N–H and O–H groups in total. The SMILES string of the molecule is CC1(C)C2OCCC2C1(N)C(=O)NC1CCC1. The summed E-state index contributed by atoms with van der Waals surface area (Å²) in [7, 11) is 0. The summed E-state index contributed by atoms with van der Waals surface area (Å²) >= 11 is 0. The minimum Gasteiger partial charge on any atom is -0.377 e. The molecule has 4 heteroatoms. The molecule has 2 aliphatic carbocycles. The van der Waals surface area contributed by atoms with E-state index in [1.807, 2.05) is 0 Å². The van der Waals surface area contributed by atoms with Crippen molar-refractivity contribution >= 4 is 5.91 Å². The van der Waals surface area contributed by atoms with Crippen molar-refractivity contribution in [3.8, 4) is 0 Å². The van der Waals surface area contributed by atoms with Gasteiger partial charge in [-0.05, 0) is 25.7 Å². The molecule has 1 saturated heterocycles. The van der Waals surface area contributed by atoms with Crippen molar-refractivity contribution in [2.75, 3.05) is 6.61 Å². The average Bonchev–Trinajstić information content (AvgIpc) is 2.69. The van der Waals surface area contributed by atoms with E-state index in [0.29, 0.717) is 6.04 Å². The van der Waals surface area contributed by atoms with Crippen LogP contribution in [0.3, 0.4) is 0 Å². The van der Waals surface area contributed by atoms with Crippen molar-refractivity contribution in [3.63, 3.8) is 0 Å². The highest BCUT2D eigenvalue weighted by Gasteiger charge is 2.71. The quantitative estimate of drug-likeness (QED) is 0.748. The lowest BCUT2D eigenvalue weighted by Gasteiger charge is -2.61. The molecule has 4 nitrogen and oxygen atoms in total. The third-order valence-electron chi connectivity index (χ3n) is 5.27. The lowest BCUT2D eigenvalue weighted by Crippen LogP contribution is -2.80. The second-order valence-electron chi connectivity index (χ2n) is 6.38. The highest BCUT2D eigenvalue weighted by molar-refractivity contribution is 5.89. The van der Waals surface area contributed by atoms with Crippen molar-refractivity contribution in [2.45, 2.75) is 57.2 Å². The molecule has 1 heterocycles. The van der Waals surface area contributed by atoms with Crippen LogP contribution in [0.5, 0.6) is 0 Å². The summed E-state index contributed by atoms with van der Waals surface area (Å²) in [5.41, 5.74) is 5.46. The van der Waals surface area contributed by atoms with Crippen LogP contribution in [0, 0.1) is 11.3 Å². The Bertz CT molecular complexity index is 351. The second kappa shape index (κ2) is 3.45. The topological polar surface area (TPSA) is 64.3 Å². The summed E-state index contributed by atoms with van der Waals surface area (Å²) in [4.78, 5) is 12.4. The number of nitrogens with two attached hydrogens (primary N) is 1. The van der Waals surface area contributed by atoms with Gasteiger partial charge in [0.1, 0.15) is 5.54 Å². The fourth-order valence-corrected chi connectivity index (χ4v) is 3.70. The Balaban J connectivity index is 1.77. The zero-order valence-corrected chi connectivity index (χ0v) is 10.7. The van der Waals surface area contributed by atoms with Crippen molar-refractivity contribution in [3.05, 3.63) is 0 Å². The molecule has 96 valence electrons. The van der Waals surface area contributed by atoms with Gasteiger partial charge in [0.25, 0.3) is 0 Å². The number of hydrogen-bond acceptors (Lipinski definition) is 3. The monoisotopic (exact) mass is 238 g/mol. The Morgan fingerprint density at radius 2 is 2.06 bits per heavy atom. The Labute approximate surface area is 102 Å². The molecule has 0 bridgehead atoms. The molecule has 2 saturated carbocycles. The molecule has 0 aromatic heterocycles. The molecule has 17 heavy (non-hydrogen) atoms. The molecule has 3 rings (SSSR count). The number of carbonyl (C=O) groups is 1. The number of hydrogen-bond donors (Lipinski definition) is 2. The zero-order chi connectivity index (χ0) is 12.3. The Hall–Kier alpha value is -0.610. The van der Waals surface area contributed by atoms with Gasteiger partial charge >= 0.3 is 0 Å². The van der Waals surface area contributed by atoms with Gasteiger partial charge in [0.2, 0.25) is 5.91 Å². The Morgan fingerprint density at radius 3 is 2.65 bits per heavy atom. The Morgan fingerprint density at radius 1 is 1.35 bits per heavy atom. The first-order valence-electron chi connectivity index (χ1n) is 6.69. The van der Waals surface area contributed by atoms with Crippen LogP contribution in [0.15, 0.2) is 0 Å². The van der Waals surface area contributed by atoms with Crippen LogP contribution >= 0.6 is 0 Å². The molecule has 3 unspecified atom stereocenters. The summed E-state index contributed by atoms with van der Waals surface area (Å²) in [5.74, 6) is 0.247. The lowest BCUT2D eigenvalue weighted by atomic mass is 9.48. The zero-order valence-electron chi connectivity index (χ0n) is 10.7. The van der Waals surface area contributed by atoms with Gasteiger partial charge in [-0.15, -0.1) is 0 Å². The summed E-state index contributed by atoms with van der Waals surface area (Å²) in [6.45, 7) is 4.86. The first-order chi connectivity index (χ1) is 7.98. The van der Waals surface area contributed by atoms with E-state index in [-0.39, 0.29) is 23.3 Å². The van der Waals surface area contributed by atoms with E-state index >= 15 is 0 Å².